The van der Waals surface area contributed by atoms with Crippen LogP contribution in [0.25, 0.3) is 11.3 Å². The molecule has 0 saturated carbocycles. The monoisotopic (exact) mass is 517 g/mol. The first-order valence-electron chi connectivity index (χ1n) is 11.5. The topological polar surface area (TPSA) is 82.4 Å². The zero-order valence-corrected chi connectivity index (χ0v) is 22.1. The summed E-state index contributed by atoms with van der Waals surface area (Å²) >= 11 is 1.53. The highest BCUT2D eigenvalue weighted by atomic mass is 32.2. The molecule has 0 amide bonds. The average Bonchev–Trinajstić information content (AvgIpc) is 3.25. The van der Waals surface area contributed by atoms with Crippen molar-refractivity contribution < 1.29 is 22.6 Å². The van der Waals surface area contributed by atoms with Gasteiger partial charge in [0, 0.05) is 30.6 Å². The molecule has 188 valence electrons. The molecule has 8 nitrogen and oxygen atoms in total. The van der Waals surface area contributed by atoms with Crippen molar-refractivity contribution in [3.63, 3.8) is 0 Å². The molecule has 1 fully saturated rings. The zero-order chi connectivity index (χ0) is 25.0. The van der Waals surface area contributed by atoms with Crippen molar-refractivity contribution in [3.05, 3.63) is 52.6 Å². The lowest BCUT2D eigenvalue weighted by Gasteiger charge is -2.26. The van der Waals surface area contributed by atoms with Crippen LogP contribution in [0, 0.1) is 5.92 Å². The zero-order valence-electron chi connectivity index (χ0n) is 20.4. The molecule has 10 heteroatoms. The maximum absolute atomic E-state index is 12.9. The van der Waals surface area contributed by atoms with Gasteiger partial charge in [-0.25, -0.2) is 13.4 Å². The van der Waals surface area contributed by atoms with Gasteiger partial charge in [0.2, 0.25) is 10.0 Å². The van der Waals surface area contributed by atoms with Crippen LogP contribution in [-0.2, 0) is 21.3 Å². The Hall–Kier alpha value is -2.66. The SMILES string of the molecule is COc1ccc(OC)c(-c2csc(=Nc3ccc(S(=O)(=O)N4CCOCC4)cc3)n2CC(C)C)c1. The van der Waals surface area contributed by atoms with Gasteiger partial charge in [0.15, 0.2) is 4.80 Å². The largest absolute Gasteiger partial charge is 0.497 e. The molecular formula is C25H31N3O5S2. The summed E-state index contributed by atoms with van der Waals surface area (Å²) in [7, 11) is -0.240. The first-order valence-corrected chi connectivity index (χ1v) is 13.8. The average molecular weight is 518 g/mol. The summed E-state index contributed by atoms with van der Waals surface area (Å²) < 4.78 is 45.8. The van der Waals surface area contributed by atoms with Crippen molar-refractivity contribution in [2.24, 2.45) is 10.9 Å². The minimum atomic E-state index is -3.54. The molecule has 1 saturated heterocycles. The third-order valence-corrected chi connectivity index (χ3v) is 8.47. The quantitative estimate of drug-likeness (QED) is 0.449. The smallest absolute Gasteiger partial charge is 0.243 e. The summed E-state index contributed by atoms with van der Waals surface area (Å²) in [4.78, 5) is 5.94. The lowest BCUT2D eigenvalue weighted by molar-refractivity contribution is 0.0730. The molecular weight excluding hydrogens is 486 g/mol. The molecule has 0 unspecified atom stereocenters. The predicted octanol–water partition coefficient (Wildman–Crippen LogP) is 4.14. The van der Waals surface area contributed by atoms with E-state index in [1.807, 2.05) is 18.2 Å². The molecule has 4 rings (SSSR count). The number of rotatable bonds is 8. The predicted molar refractivity (Wildman–Crippen MR) is 137 cm³/mol. The van der Waals surface area contributed by atoms with E-state index in [2.05, 4.69) is 23.8 Å². The van der Waals surface area contributed by atoms with Crippen molar-refractivity contribution in [2.45, 2.75) is 25.3 Å². The van der Waals surface area contributed by atoms with Crippen molar-refractivity contribution in [1.82, 2.24) is 8.87 Å². The standard InChI is InChI=1S/C25H31N3O5S2/c1-18(2)16-28-23(22-15-20(31-3)7-10-24(22)32-4)17-34-25(28)26-19-5-8-21(9-6-19)35(29,30)27-11-13-33-14-12-27/h5-10,15,17-18H,11-14,16H2,1-4H3. The van der Waals surface area contributed by atoms with Gasteiger partial charge in [-0.3, -0.25) is 0 Å². The Morgan fingerprint density at radius 2 is 1.77 bits per heavy atom. The van der Waals surface area contributed by atoms with E-state index >= 15 is 0 Å². The summed E-state index contributed by atoms with van der Waals surface area (Å²) in [6.07, 6.45) is 0. The van der Waals surface area contributed by atoms with Crippen LogP contribution in [0.15, 0.2) is 57.7 Å². The summed E-state index contributed by atoms with van der Waals surface area (Å²) in [5.74, 6) is 1.89. The number of benzene rings is 2. The van der Waals surface area contributed by atoms with Gasteiger partial charge < -0.3 is 18.8 Å². The summed E-state index contributed by atoms with van der Waals surface area (Å²) in [5, 5.41) is 2.07. The molecule has 0 radical (unpaired) electrons. The fraction of sp³-hybridized carbons (Fsp3) is 0.400. The van der Waals surface area contributed by atoms with Crippen molar-refractivity contribution in [3.8, 4) is 22.8 Å². The normalized spacial score (nSPS) is 15.5. The van der Waals surface area contributed by atoms with Crippen molar-refractivity contribution in [2.75, 3.05) is 40.5 Å². The highest BCUT2D eigenvalue weighted by molar-refractivity contribution is 7.89. The number of nitrogens with zero attached hydrogens (tertiary/aromatic N) is 3. The van der Waals surface area contributed by atoms with E-state index in [1.54, 1.807) is 38.5 Å². The Bertz CT molecular complexity index is 1320. The minimum absolute atomic E-state index is 0.265. The number of ether oxygens (including phenoxy) is 3. The maximum atomic E-state index is 12.9. The Labute approximate surface area is 210 Å². The first-order chi connectivity index (χ1) is 16.8. The second-order valence-electron chi connectivity index (χ2n) is 8.60. The molecule has 0 aliphatic carbocycles. The van der Waals surface area contributed by atoms with Crippen LogP contribution < -0.4 is 14.3 Å². The second kappa shape index (κ2) is 10.9. The number of methoxy groups -OCH3 is 2. The van der Waals surface area contributed by atoms with Crippen LogP contribution in [0.4, 0.5) is 5.69 Å². The second-order valence-corrected chi connectivity index (χ2v) is 11.4. The van der Waals surface area contributed by atoms with Crippen molar-refractivity contribution >= 4 is 27.0 Å². The molecule has 3 aromatic rings. The van der Waals surface area contributed by atoms with Gasteiger partial charge in [0.1, 0.15) is 11.5 Å². The minimum Gasteiger partial charge on any atom is -0.497 e. The number of aromatic nitrogens is 1. The van der Waals surface area contributed by atoms with Crippen LogP contribution in [0.2, 0.25) is 0 Å². The molecule has 1 aliphatic heterocycles. The van der Waals surface area contributed by atoms with Gasteiger partial charge in [0.25, 0.3) is 0 Å². The van der Waals surface area contributed by atoms with Gasteiger partial charge in [-0.05, 0) is 48.4 Å². The van der Waals surface area contributed by atoms with Gasteiger partial charge >= 0.3 is 0 Å². The molecule has 35 heavy (non-hydrogen) atoms. The van der Waals surface area contributed by atoms with E-state index < -0.39 is 10.0 Å². The highest BCUT2D eigenvalue weighted by Crippen LogP contribution is 2.34. The third kappa shape index (κ3) is 5.61. The molecule has 0 N–H and O–H groups in total. The van der Waals surface area contributed by atoms with E-state index in [9.17, 15) is 8.42 Å². The molecule has 0 spiro atoms. The number of thiazole rings is 1. The Balaban J connectivity index is 1.72. The maximum Gasteiger partial charge on any atom is 0.243 e. The first kappa shape index (κ1) is 25.4. The molecule has 0 atom stereocenters. The van der Waals surface area contributed by atoms with E-state index in [0.29, 0.717) is 37.9 Å². The Morgan fingerprint density at radius 1 is 1.06 bits per heavy atom. The molecule has 1 aromatic heterocycles. The number of morpholine rings is 1. The third-order valence-electron chi connectivity index (χ3n) is 5.70. The fourth-order valence-electron chi connectivity index (χ4n) is 3.93. The van der Waals surface area contributed by atoms with Crippen LogP contribution >= 0.6 is 11.3 Å². The van der Waals surface area contributed by atoms with E-state index in [1.165, 1.54) is 15.6 Å². The van der Waals surface area contributed by atoms with Crippen LogP contribution in [-0.4, -0.2) is 57.8 Å². The van der Waals surface area contributed by atoms with E-state index in [-0.39, 0.29) is 4.90 Å². The van der Waals surface area contributed by atoms with Crippen molar-refractivity contribution in [1.29, 1.82) is 0 Å². The van der Waals surface area contributed by atoms with Crippen LogP contribution in [0.3, 0.4) is 0 Å². The molecule has 0 bridgehead atoms. The number of hydrogen-bond donors (Lipinski definition) is 0. The molecule has 1 aliphatic rings. The number of hydrogen-bond acceptors (Lipinski definition) is 7. The molecule has 2 aromatic carbocycles. The number of sulfonamides is 1. The van der Waals surface area contributed by atoms with Gasteiger partial charge in [-0.1, -0.05) is 13.8 Å². The van der Waals surface area contributed by atoms with Gasteiger partial charge in [0.05, 0.1) is 43.7 Å². The fourth-order valence-corrected chi connectivity index (χ4v) is 6.27. The lowest BCUT2D eigenvalue weighted by Crippen LogP contribution is -2.40. The van der Waals surface area contributed by atoms with Gasteiger partial charge in [-0.15, -0.1) is 11.3 Å². The van der Waals surface area contributed by atoms with Crippen LogP contribution in [0.5, 0.6) is 11.5 Å². The summed E-state index contributed by atoms with van der Waals surface area (Å²) in [6.45, 7) is 6.66. The van der Waals surface area contributed by atoms with E-state index in [0.717, 1.165) is 34.1 Å². The van der Waals surface area contributed by atoms with Gasteiger partial charge in [-0.2, -0.15) is 4.31 Å². The van der Waals surface area contributed by atoms with E-state index in [4.69, 9.17) is 19.2 Å². The Morgan fingerprint density at radius 3 is 2.40 bits per heavy atom. The lowest BCUT2D eigenvalue weighted by atomic mass is 10.1. The Kier molecular flexibility index (Phi) is 7.95. The highest BCUT2D eigenvalue weighted by Gasteiger charge is 2.26. The molecule has 2 heterocycles. The summed E-state index contributed by atoms with van der Waals surface area (Å²) in [5.41, 5.74) is 2.61. The summed E-state index contributed by atoms with van der Waals surface area (Å²) in [6, 6.07) is 12.5. The van der Waals surface area contributed by atoms with Crippen LogP contribution in [0.1, 0.15) is 13.8 Å².